The Kier molecular flexibility index (Phi) is 4.20. The SMILES string of the molecule is Cc1nc(CN2CCCC(c3cccc(C(=O)O)c3)C2)n[nH]1. The number of nitrogens with one attached hydrogen (secondary N) is 1. The van der Waals surface area contributed by atoms with Crippen molar-refractivity contribution in [2.45, 2.75) is 32.2 Å². The van der Waals surface area contributed by atoms with Gasteiger partial charge in [0.1, 0.15) is 5.82 Å². The van der Waals surface area contributed by atoms with E-state index in [2.05, 4.69) is 20.1 Å². The molecule has 1 fully saturated rings. The number of carboxylic acid groups (broad SMARTS) is 1. The van der Waals surface area contributed by atoms with Crippen molar-refractivity contribution in [1.82, 2.24) is 20.1 Å². The maximum absolute atomic E-state index is 11.1. The van der Waals surface area contributed by atoms with E-state index in [1.54, 1.807) is 12.1 Å². The third-order valence-corrected chi connectivity index (χ3v) is 4.12. The van der Waals surface area contributed by atoms with Gasteiger partial charge in [0.15, 0.2) is 5.82 Å². The molecule has 0 spiro atoms. The number of hydrogen-bond donors (Lipinski definition) is 2. The number of H-pyrrole nitrogens is 1. The number of rotatable bonds is 4. The van der Waals surface area contributed by atoms with Crippen LogP contribution in [-0.2, 0) is 6.54 Å². The lowest BCUT2D eigenvalue weighted by Crippen LogP contribution is -2.34. The fraction of sp³-hybridized carbons (Fsp3) is 0.438. The van der Waals surface area contributed by atoms with Gasteiger partial charge in [-0.05, 0) is 49.9 Å². The van der Waals surface area contributed by atoms with Crippen LogP contribution in [0, 0.1) is 6.92 Å². The highest BCUT2D eigenvalue weighted by atomic mass is 16.4. The van der Waals surface area contributed by atoms with Crippen LogP contribution in [-0.4, -0.2) is 44.2 Å². The van der Waals surface area contributed by atoms with E-state index in [-0.39, 0.29) is 0 Å². The molecule has 2 aromatic rings. The van der Waals surface area contributed by atoms with E-state index in [1.807, 2.05) is 19.1 Å². The quantitative estimate of drug-likeness (QED) is 0.904. The summed E-state index contributed by atoms with van der Waals surface area (Å²) in [5, 5.41) is 16.2. The number of benzene rings is 1. The maximum atomic E-state index is 11.1. The number of aromatic carboxylic acids is 1. The number of hydrogen-bond acceptors (Lipinski definition) is 4. The Hall–Kier alpha value is -2.21. The number of nitrogens with zero attached hydrogens (tertiary/aromatic N) is 3. The molecule has 0 bridgehead atoms. The highest BCUT2D eigenvalue weighted by molar-refractivity contribution is 5.87. The lowest BCUT2D eigenvalue weighted by molar-refractivity contribution is 0.0696. The van der Waals surface area contributed by atoms with Gasteiger partial charge in [0.25, 0.3) is 0 Å². The van der Waals surface area contributed by atoms with Gasteiger partial charge in [-0.25, -0.2) is 9.78 Å². The minimum absolute atomic E-state index is 0.360. The molecule has 3 rings (SSSR count). The van der Waals surface area contributed by atoms with E-state index in [0.717, 1.165) is 49.7 Å². The van der Waals surface area contributed by atoms with Crippen molar-refractivity contribution in [3.63, 3.8) is 0 Å². The minimum Gasteiger partial charge on any atom is -0.478 e. The summed E-state index contributed by atoms with van der Waals surface area (Å²) in [7, 11) is 0. The molecule has 6 nitrogen and oxygen atoms in total. The maximum Gasteiger partial charge on any atom is 0.335 e. The Morgan fingerprint density at radius 2 is 2.36 bits per heavy atom. The molecule has 0 aliphatic carbocycles. The van der Waals surface area contributed by atoms with Gasteiger partial charge in [-0.1, -0.05) is 12.1 Å². The van der Waals surface area contributed by atoms with Crippen molar-refractivity contribution in [3.05, 3.63) is 47.0 Å². The van der Waals surface area contributed by atoms with Gasteiger partial charge < -0.3 is 5.11 Å². The number of aromatic nitrogens is 3. The fourth-order valence-electron chi connectivity index (χ4n) is 3.06. The molecule has 1 aromatic heterocycles. The Labute approximate surface area is 129 Å². The third kappa shape index (κ3) is 3.33. The van der Waals surface area contributed by atoms with Crippen LogP contribution < -0.4 is 0 Å². The standard InChI is InChI=1S/C16H20N4O2/c1-11-17-15(19-18-11)10-20-7-3-6-14(9-20)12-4-2-5-13(8-12)16(21)22/h2,4-5,8,14H,3,6-7,9-10H2,1H3,(H,21,22)(H,17,18,19). The second kappa shape index (κ2) is 6.27. The van der Waals surface area contributed by atoms with Crippen molar-refractivity contribution in [2.24, 2.45) is 0 Å². The summed E-state index contributed by atoms with van der Waals surface area (Å²) in [5.74, 6) is 1.15. The molecule has 0 radical (unpaired) electrons. The highest BCUT2D eigenvalue weighted by Gasteiger charge is 2.22. The molecule has 116 valence electrons. The average Bonchev–Trinajstić information content (AvgIpc) is 2.93. The normalized spacial score (nSPS) is 19.2. The Bertz CT molecular complexity index is 668. The predicted molar refractivity (Wildman–Crippen MR) is 81.8 cm³/mol. The lowest BCUT2D eigenvalue weighted by Gasteiger charge is -2.32. The first-order valence-corrected chi connectivity index (χ1v) is 7.55. The van der Waals surface area contributed by atoms with Gasteiger partial charge in [0.05, 0.1) is 12.1 Å². The molecule has 0 saturated carbocycles. The zero-order valence-electron chi connectivity index (χ0n) is 12.6. The van der Waals surface area contributed by atoms with Gasteiger partial charge in [-0.2, -0.15) is 5.10 Å². The Morgan fingerprint density at radius 3 is 3.09 bits per heavy atom. The number of likely N-dealkylation sites (tertiary alicyclic amines) is 1. The van der Waals surface area contributed by atoms with Crippen LogP contribution in [0.5, 0.6) is 0 Å². The van der Waals surface area contributed by atoms with Gasteiger partial charge >= 0.3 is 5.97 Å². The summed E-state index contributed by atoms with van der Waals surface area (Å²) in [4.78, 5) is 17.8. The number of aryl methyl sites for hydroxylation is 1. The molecule has 1 saturated heterocycles. The number of aromatic amines is 1. The topological polar surface area (TPSA) is 82.1 Å². The predicted octanol–water partition coefficient (Wildman–Crippen LogP) is 2.19. The molecule has 1 aliphatic rings. The zero-order valence-corrected chi connectivity index (χ0v) is 12.6. The van der Waals surface area contributed by atoms with Gasteiger partial charge in [0, 0.05) is 6.54 Å². The molecule has 1 aromatic carbocycles. The average molecular weight is 300 g/mol. The van der Waals surface area contributed by atoms with Crippen LogP contribution in [0.3, 0.4) is 0 Å². The van der Waals surface area contributed by atoms with Gasteiger partial charge in [0.2, 0.25) is 0 Å². The summed E-state index contributed by atoms with van der Waals surface area (Å²) >= 11 is 0. The van der Waals surface area contributed by atoms with Crippen LogP contribution >= 0.6 is 0 Å². The molecule has 2 heterocycles. The van der Waals surface area contributed by atoms with E-state index >= 15 is 0 Å². The van der Waals surface area contributed by atoms with Crippen molar-refractivity contribution in [2.75, 3.05) is 13.1 Å². The molecule has 2 N–H and O–H groups in total. The summed E-state index contributed by atoms with van der Waals surface area (Å²) in [6.45, 7) is 4.58. The van der Waals surface area contributed by atoms with Gasteiger partial charge in [-0.15, -0.1) is 0 Å². The van der Waals surface area contributed by atoms with E-state index in [0.29, 0.717) is 11.5 Å². The molecule has 1 atom stereocenters. The number of carbonyl (C=O) groups is 1. The van der Waals surface area contributed by atoms with Crippen LogP contribution in [0.2, 0.25) is 0 Å². The van der Waals surface area contributed by atoms with Crippen LogP contribution in [0.1, 0.15) is 46.3 Å². The minimum atomic E-state index is -0.870. The summed E-state index contributed by atoms with van der Waals surface area (Å²) < 4.78 is 0. The second-order valence-corrected chi connectivity index (χ2v) is 5.84. The van der Waals surface area contributed by atoms with Crippen molar-refractivity contribution in [3.8, 4) is 0 Å². The van der Waals surface area contributed by atoms with E-state index in [4.69, 9.17) is 5.11 Å². The molecule has 6 heteroatoms. The Balaban J connectivity index is 1.70. The summed E-state index contributed by atoms with van der Waals surface area (Å²) in [6, 6.07) is 7.30. The molecule has 1 unspecified atom stereocenters. The van der Waals surface area contributed by atoms with E-state index in [1.165, 1.54) is 0 Å². The number of piperidine rings is 1. The summed E-state index contributed by atoms with van der Waals surface area (Å²) in [5.41, 5.74) is 1.47. The molecule has 0 amide bonds. The first-order valence-electron chi connectivity index (χ1n) is 7.55. The van der Waals surface area contributed by atoms with Crippen LogP contribution in [0.15, 0.2) is 24.3 Å². The van der Waals surface area contributed by atoms with Crippen LogP contribution in [0.25, 0.3) is 0 Å². The smallest absolute Gasteiger partial charge is 0.335 e. The van der Waals surface area contributed by atoms with Crippen LogP contribution in [0.4, 0.5) is 0 Å². The van der Waals surface area contributed by atoms with Crippen molar-refractivity contribution in [1.29, 1.82) is 0 Å². The van der Waals surface area contributed by atoms with Crippen molar-refractivity contribution >= 4 is 5.97 Å². The molecule has 1 aliphatic heterocycles. The largest absolute Gasteiger partial charge is 0.478 e. The number of carboxylic acids is 1. The molecular weight excluding hydrogens is 280 g/mol. The Morgan fingerprint density at radius 1 is 1.50 bits per heavy atom. The van der Waals surface area contributed by atoms with Gasteiger partial charge in [-0.3, -0.25) is 10.00 Å². The zero-order chi connectivity index (χ0) is 15.5. The van der Waals surface area contributed by atoms with Crippen molar-refractivity contribution < 1.29 is 9.90 Å². The monoisotopic (exact) mass is 300 g/mol. The second-order valence-electron chi connectivity index (χ2n) is 5.84. The lowest BCUT2D eigenvalue weighted by atomic mass is 9.89. The molecular formula is C16H20N4O2. The summed E-state index contributed by atoms with van der Waals surface area (Å²) in [6.07, 6.45) is 2.19. The first kappa shape index (κ1) is 14.7. The third-order valence-electron chi connectivity index (χ3n) is 4.12. The first-order chi connectivity index (χ1) is 10.6. The highest BCUT2D eigenvalue weighted by Crippen LogP contribution is 2.28. The fourth-order valence-corrected chi connectivity index (χ4v) is 3.06. The van der Waals surface area contributed by atoms with E-state index < -0.39 is 5.97 Å². The van der Waals surface area contributed by atoms with E-state index in [9.17, 15) is 4.79 Å². The molecule has 22 heavy (non-hydrogen) atoms.